The van der Waals surface area contributed by atoms with Crippen LogP contribution in [0.4, 0.5) is 0 Å². The number of thioether (sulfide) groups is 1. The highest BCUT2D eigenvalue weighted by Crippen LogP contribution is 2.39. The number of methoxy groups -OCH3 is 4. The fraction of sp³-hybridized carbons (Fsp3) is 0.250. The number of benzene rings is 2. The van der Waals surface area contributed by atoms with Crippen LogP contribution in [0.1, 0.15) is 10.6 Å². The van der Waals surface area contributed by atoms with E-state index in [0.717, 1.165) is 31.4 Å². The lowest BCUT2D eigenvalue weighted by molar-refractivity contribution is 0.324. The van der Waals surface area contributed by atoms with Gasteiger partial charge in [-0.15, -0.1) is 23.1 Å². The normalized spacial score (nSPS) is 11.1. The first-order valence-electron chi connectivity index (χ1n) is 8.14. The number of hydrogen-bond donors (Lipinski definition) is 0. The van der Waals surface area contributed by atoms with Crippen LogP contribution in [-0.4, -0.2) is 39.7 Å². The molecule has 0 amide bonds. The molecule has 142 valence electrons. The van der Waals surface area contributed by atoms with Crippen LogP contribution in [-0.2, 0) is 0 Å². The van der Waals surface area contributed by atoms with E-state index < -0.39 is 0 Å². The average molecular weight is 404 g/mol. The van der Waals surface area contributed by atoms with Crippen molar-refractivity contribution in [2.45, 2.75) is 4.90 Å². The molecule has 3 aromatic rings. The second-order valence-electron chi connectivity index (χ2n) is 5.52. The van der Waals surface area contributed by atoms with Crippen molar-refractivity contribution in [1.82, 2.24) is 4.98 Å². The Hall–Kier alpha value is -2.38. The molecule has 0 spiro atoms. The van der Waals surface area contributed by atoms with Gasteiger partial charge in [-0.1, -0.05) is 6.08 Å². The predicted octanol–water partition coefficient (Wildman–Crippen LogP) is 5.22. The zero-order valence-corrected chi connectivity index (χ0v) is 17.5. The Kier molecular flexibility index (Phi) is 6.13. The summed E-state index contributed by atoms with van der Waals surface area (Å²) in [4.78, 5) is 5.79. The minimum atomic E-state index is 0.578. The third kappa shape index (κ3) is 3.99. The Bertz CT molecular complexity index is 916. The minimum Gasteiger partial charge on any atom is -0.496 e. The maximum Gasteiger partial charge on any atom is 0.203 e. The van der Waals surface area contributed by atoms with Crippen LogP contribution in [0.3, 0.4) is 0 Å². The molecule has 1 aromatic heterocycles. The molecule has 0 fully saturated rings. The third-order valence-corrected chi connectivity index (χ3v) is 5.76. The molecule has 2 aromatic carbocycles. The molecule has 0 atom stereocenters. The van der Waals surface area contributed by atoms with Crippen molar-refractivity contribution in [2.75, 3.05) is 34.7 Å². The Morgan fingerprint density at radius 1 is 0.852 bits per heavy atom. The fourth-order valence-corrected chi connectivity index (χ4v) is 4.25. The van der Waals surface area contributed by atoms with E-state index in [1.54, 1.807) is 51.5 Å². The van der Waals surface area contributed by atoms with Crippen LogP contribution < -0.4 is 18.9 Å². The summed E-state index contributed by atoms with van der Waals surface area (Å²) in [5.41, 5.74) is 1.87. The highest BCUT2D eigenvalue weighted by atomic mass is 32.2. The van der Waals surface area contributed by atoms with Crippen molar-refractivity contribution in [2.24, 2.45) is 0 Å². The van der Waals surface area contributed by atoms with Gasteiger partial charge in [-0.25, -0.2) is 4.98 Å². The molecule has 0 radical (unpaired) electrons. The third-order valence-electron chi connectivity index (χ3n) is 4.02. The highest BCUT2D eigenvalue weighted by Gasteiger charge is 2.12. The van der Waals surface area contributed by atoms with E-state index in [2.05, 4.69) is 11.1 Å². The Labute approximate surface area is 166 Å². The highest BCUT2D eigenvalue weighted by molar-refractivity contribution is 7.98. The molecule has 3 rings (SSSR count). The lowest BCUT2D eigenvalue weighted by atomic mass is 10.1. The number of aromatic nitrogens is 1. The van der Waals surface area contributed by atoms with Crippen LogP contribution >= 0.6 is 23.1 Å². The van der Waals surface area contributed by atoms with Crippen molar-refractivity contribution in [3.63, 3.8) is 0 Å². The number of thiazole rings is 1. The fourth-order valence-electron chi connectivity index (χ4n) is 2.71. The van der Waals surface area contributed by atoms with Crippen LogP contribution in [0.2, 0.25) is 0 Å². The van der Waals surface area contributed by atoms with Gasteiger partial charge in [0.15, 0.2) is 11.5 Å². The summed E-state index contributed by atoms with van der Waals surface area (Å²) in [5.74, 6) is 2.67. The van der Waals surface area contributed by atoms with E-state index in [4.69, 9.17) is 18.9 Å². The Morgan fingerprint density at radius 2 is 1.52 bits per heavy atom. The molecule has 27 heavy (non-hydrogen) atoms. The summed E-state index contributed by atoms with van der Waals surface area (Å²) in [6, 6.07) is 7.90. The second kappa shape index (κ2) is 8.54. The van der Waals surface area contributed by atoms with Crippen molar-refractivity contribution in [1.29, 1.82) is 0 Å². The van der Waals surface area contributed by atoms with Gasteiger partial charge in [0, 0.05) is 6.07 Å². The molecular formula is C20H21NO4S2. The molecule has 0 aliphatic carbocycles. The first-order chi connectivity index (χ1) is 13.1. The molecule has 1 heterocycles. The summed E-state index contributed by atoms with van der Waals surface area (Å²) in [6.07, 6.45) is 6.00. The average Bonchev–Trinajstić information content (AvgIpc) is 3.11. The van der Waals surface area contributed by atoms with E-state index in [0.29, 0.717) is 17.2 Å². The monoisotopic (exact) mass is 403 g/mol. The van der Waals surface area contributed by atoms with Gasteiger partial charge in [0.1, 0.15) is 10.8 Å². The molecule has 0 bridgehead atoms. The Balaban J connectivity index is 1.96. The number of rotatable bonds is 7. The second-order valence-corrected chi connectivity index (χ2v) is 7.43. The van der Waals surface area contributed by atoms with Gasteiger partial charge in [-0.05, 0) is 36.1 Å². The molecule has 0 aliphatic rings. The van der Waals surface area contributed by atoms with Crippen molar-refractivity contribution < 1.29 is 18.9 Å². The summed E-state index contributed by atoms with van der Waals surface area (Å²) < 4.78 is 22.7. The van der Waals surface area contributed by atoms with Crippen molar-refractivity contribution >= 4 is 45.5 Å². The van der Waals surface area contributed by atoms with Gasteiger partial charge in [-0.3, -0.25) is 0 Å². The number of nitrogens with zero attached hydrogens (tertiary/aromatic N) is 1. The van der Waals surface area contributed by atoms with E-state index >= 15 is 0 Å². The van der Waals surface area contributed by atoms with Gasteiger partial charge in [-0.2, -0.15) is 0 Å². The van der Waals surface area contributed by atoms with Crippen LogP contribution in [0.25, 0.3) is 22.4 Å². The van der Waals surface area contributed by atoms with Gasteiger partial charge in [0.05, 0.1) is 43.6 Å². The van der Waals surface area contributed by atoms with Gasteiger partial charge in [0.25, 0.3) is 0 Å². The van der Waals surface area contributed by atoms with E-state index in [1.165, 1.54) is 0 Å². The van der Waals surface area contributed by atoms with Crippen LogP contribution in [0.5, 0.6) is 23.0 Å². The summed E-state index contributed by atoms with van der Waals surface area (Å²) in [6.45, 7) is 0. The predicted molar refractivity (Wildman–Crippen MR) is 113 cm³/mol. The van der Waals surface area contributed by atoms with Gasteiger partial charge >= 0.3 is 0 Å². The molecule has 0 saturated heterocycles. The molecule has 0 N–H and O–H groups in total. The molecule has 0 unspecified atom stereocenters. The molecule has 5 nitrogen and oxygen atoms in total. The summed E-state index contributed by atoms with van der Waals surface area (Å²) in [7, 11) is 6.48. The molecule has 0 saturated carbocycles. The lowest BCUT2D eigenvalue weighted by Crippen LogP contribution is -1.95. The SMILES string of the molecule is COc1cc2nc(/C=C/c3cc(OC)c(OC)c(OC)c3)sc2cc1SC. The molecule has 7 heteroatoms. The first-order valence-corrected chi connectivity index (χ1v) is 10.2. The van der Waals surface area contributed by atoms with Crippen molar-refractivity contribution in [3.8, 4) is 23.0 Å². The molecule has 0 aliphatic heterocycles. The minimum absolute atomic E-state index is 0.578. The largest absolute Gasteiger partial charge is 0.496 e. The summed E-state index contributed by atoms with van der Waals surface area (Å²) >= 11 is 3.30. The van der Waals surface area contributed by atoms with E-state index in [-0.39, 0.29) is 0 Å². The zero-order chi connectivity index (χ0) is 19.4. The van der Waals surface area contributed by atoms with E-state index in [9.17, 15) is 0 Å². The quantitative estimate of drug-likeness (QED) is 0.504. The van der Waals surface area contributed by atoms with Crippen LogP contribution in [0, 0.1) is 0 Å². The summed E-state index contributed by atoms with van der Waals surface area (Å²) in [5, 5.41) is 0.916. The maximum atomic E-state index is 5.44. The van der Waals surface area contributed by atoms with Gasteiger partial charge < -0.3 is 18.9 Å². The number of ether oxygens (including phenoxy) is 4. The topological polar surface area (TPSA) is 49.8 Å². The lowest BCUT2D eigenvalue weighted by Gasteiger charge is -2.12. The molecular weight excluding hydrogens is 382 g/mol. The van der Waals surface area contributed by atoms with E-state index in [1.807, 2.05) is 36.6 Å². The zero-order valence-electron chi connectivity index (χ0n) is 15.9. The standard InChI is InChI=1S/C20H21NO4S2/c1-22-14-10-13-17(11-18(14)26-5)27-19(21-13)7-6-12-8-15(23-2)20(25-4)16(9-12)24-3/h6-11H,1-5H3/b7-6+. The van der Waals surface area contributed by atoms with Gasteiger partial charge in [0.2, 0.25) is 5.75 Å². The number of fused-ring (bicyclic) bond motifs is 1. The van der Waals surface area contributed by atoms with Crippen molar-refractivity contribution in [3.05, 3.63) is 34.8 Å². The first kappa shape index (κ1) is 19.4. The number of hydrogen-bond acceptors (Lipinski definition) is 7. The smallest absolute Gasteiger partial charge is 0.203 e. The van der Waals surface area contributed by atoms with Crippen LogP contribution in [0.15, 0.2) is 29.2 Å². The Morgan fingerprint density at radius 3 is 2.07 bits per heavy atom. The maximum absolute atomic E-state index is 5.44.